The van der Waals surface area contributed by atoms with E-state index in [4.69, 9.17) is 16.3 Å². The van der Waals surface area contributed by atoms with E-state index >= 15 is 0 Å². The quantitative estimate of drug-likeness (QED) is 0.812. The normalized spacial score (nSPS) is 18.9. The van der Waals surface area contributed by atoms with Gasteiger partial charge >= 0.3 is 0 Å². The molecule has 0 aromatic carbocycles. The average molecular weight is 384 g/mol. The number of nitrogens with zero attached hydrogens (tertiary/aromatic N) is 1. The monoisotopic (exact) mass is 382 g/mol. The van der Waals surface area contributed by atoms with E-state index in [1.165, 1.54) is 12.3 Å². The minimum Gasteiger partial charge on any atom is -0.381 e. The van der Waals surface area contributed by atoms with Crippen LogP contribution in [0.5, 0.6) is 0 Å². The van der Waals surface area contributed by atoms with E-state index in [0.29, 0.717) is 17.7 Å². The molecule has 112 valence electrons. The molecule has 0 amide bonds. The lowest BCUT2D eigenvalue weighted by molar-refractivity contribution is 0.0585. The number of ether oxygens (including phenoxy) is 1. The second-order valence-corrected chi connectivity index (χ2v) is 7.76. The van der Waals surface area contributed by atoms with Gasteiger partial charge in [0.15, 0.2) is 0 Å². The first-order valence-electron chi connectivity index (χ1n) is 6.31. The van der Waals surface area contributed by atoms with Crippen molar-refractivity contribution in [2.24, 2.45) is 5.92 Å². The van der Waals surface area contributed by atoms with Gasteiger partial charge in [-0.1, -0.05) is 11.6 Å². The fourth-order valence-corrected chi connectivity index (χ4v) is 4.47. The molecule has 1 N–H and O–H groups in total. The average Bonchev–Trinajstić information content (AvgIpc) is 2.42. The van der Waals surface area contributed by atoms with E-state index in [1.54, 1.807) is 0 Å². The van der Waals surface area contributed by atoms with Gasteiger partial charge in [-0.25, -0.2) is 18.1 Å². The maximum absolute atomic E-state index is 12.4. The lowest BCUT2D eigenvalue weighted by atomic mass is 9.94. The summed E-state index contributed by atoms with van der Waals surface area (Å²) in [4.78, 5) is 3.84. The number of hydrogen-bond donors (Lipinski definition) is 1. The fraction of sp³-hybridized carbons (Fsp3) is 0.583. The smallest absolute Gasteiger partial charge is 0.243 e. The Hall–Kier alpha value is -0.210. The molecule has 2 rings (SSSR count). The number of hydrogen-bond acceptors (Lipinski definition) is 4. The van der Waals surface area contributed by atoms with E-state index in [0.717, 1.165) is 12.8 Å². The molecule has 0 saturated carbocycles. The van der Waals surface area contributed by atoms with Gasteiger partial charge in [0.25, 0.3) is 0 Å². The Labute approximate surface area is 132 Å². The van der Waals surface area contributed by atoms with Crippen molar-refractivity contribution < 1.29 is 13.2 Å². The first-order valence-corrected chi connectivity index (χ1v) is 8.96. The Morgan fingerprint density at radius 2 is 2.15 bits per heavy atom. The van der Waals surface area contributed by atoms with Crippen LogP contribution in [0.25, 0.3) is 0 Å². The van der Waals surface area contributed by atoms with Crippen molar-refractivity contribution in [1.82, 2.24) is 9.71 Å². The molecule has 1 aliphatic heterocycles. The predicted molar refractivity (Wildman–Crippen MR) is 80.3 cm³/mol. The fourth-order valence-electron chi connectivity index (χ4n) is 2.21. The molecule has 1 fully saturated rings. The van der Waals surface area contributed by atoms with Gasteiger partial charge < -0.3 is 4.74 Å². The molecule has 1 saturated heterocycles. The van der Waals surface area contributed by atoms with Crippen LogP contribution >= 0.6 is 27.5 Å². The van der Waals surface area contributed by atoms with Gasteiger partial charge in [-0.15, -0.1) is 0 Å². The first-order chi connectivity index (χ1) is 9.40. The van der Waals surface area contributed by atoms with E-state index < -0.39 is 10.0 Å². The molecular weight excluding hydrogens is 368 g/mol. The third-order valence-corrected chi connectivity index (χ3v) is 5.80. The maximum atomic E-state index is 12.4. The molecule has 1 aliphatic rings. The lowest BCUT2D eigenvalue weighted by Gasteiger charge is -2.28. The Bertz CT molecular complexity index is 576. The molecule has 0 bridgehead atoms. The zero-order valence-corrected chi connectivity index (χ0v) is 14.1. The summed E-state index contributed by atoms with van der Waals surface area (Å²) in [5.74, 6) is 0.275. The molecule has 0 spiro atoms. The summed E-state index contributed by atoms with van der Waals surface area (Å²) in [6.07, 6.45) is 3.17. The number of halogens is 2. The minimum absolute atomic E-state index is 0.00699. The molecule has 0 aliphatic carbocycles. The van der Waals surface area contributed by atoms with Gasteiger partial charge in [0.1, 0.15) is 10.0 Å². The van der Waals surface area contributed by atoms with Crippen LogP contribution in [-0.2, 0) is 14.8 Å². The Morgan fingerprint density at radius 1 is 1.50 bits per heavy atom. The van der Waals surface area contributed by atoms with Crippen LogP contribution in [0.2, 0.25) is 5.15 Å². The number of nitrogens with one attached hydrogen (secondary N) is 1. The van der Waals surface area contributed by atoms with Gasteiger partial charge in [0, 0.05) is 29.9 Å². The molecule has 1 atom stereocenters. The molecule has 5 nitrogen and oxygen atoms in total. The number of aromatic nitrogens is 1. The van der Waals surface area contributed by atoms with Crippen molar-refractivity contribution in [2.75, 3.05) is 13.2 Å². The van der Waals surface area contributed by atoms with Crippen LogP contribution in [0.15, 0.2) is 21.6 Å². The van der Waals surface area contributed by atoms with Gasteiger partial charge in [-0.3, -0.25) is 0 Å². The third kappa shape index (κ3) is 3.92. The summed E-state index contributed by atoms with van der Waals surface area (Å²) in [6.45, 7) is 3.22. The molecule has 1 unspecified atom stereocenters. The second-order valence-electron chi connectivity index (χ2n) is 4.80. The van der Waals surface area contributed by atoms with Crippen LogP contribution < -0.4 is 4.72 Å². The summed E-state index contributed by atoms with van der Waals surface area (Å²) in [6, 6.07) is 1.29. The van der Waals surface area contributed by atoms with Crippen LogP contribution in [0.1, 0.15) is 19.8 Å². The third-order valence-electron chi connectivity index (χ3n) is 3.38. The highest BCUT2D eigenvalue weighted by Gasteiger charge is 2.27. The van der Waals surface area contributed by atoms with Crippen molar-refractivity contribution in [3.63, 3.8) is 0 Å². The van der Waals surface area contributed by atoms with Gasteiger partial charge in [-0.05, 0) is 47.7 Å². The summed E-state index contributed by atoms with van der Waals surface area (Å²) in [7, 11) is -3.68. The minimum atomic E-state index is -3.68. The Kier molecular flexibility index (Phi) is 5.42. The van der Waals surface area contributed by atoms with Crippen molar-refractivity contribution in [3.05, 3.63) is 21.9 Å². The van der Waals surface area contributed by atoms with E-state index in [-0.39, 0.29) is 22.0 Å². The molecule has 1 aromatic heterocycles. The highest BCUT2D eigenvalue weighted by atomic mass is 79.9. The van der Waals surface area contributed by atoms with Crippen LogP contribution in [0.4, 0.5) is 0 Å². The summed E-state index contributed by atoms with van der Waals surface area (Å²) in [5, 5.41) is -0.0279. The molecular formula is C12H16BrClN2O3S. The SMILES string of the molecule is CC(NS(=O)(=O)c1cc(Br)cnc1Cl)C1CCOCC1. The predicted octanol–water partition coefficient (Wildman–Crippen LogP) is 2.59. The van der Waals surface area contributed by atoms with Gasteiger partial charge in [0.2, 0.25) is 10.0 Å². The molecule has 8 heteroatoms. The Balaban J connectivity index is 2.16. The van der Waals surface area contributed by atoms with E-state index in [1.807, 2.05) is 6.92 Å². The van der Waals surface area contributed by atoms with Crippen LogP contribution in [0.3, 0.4) is 0 Å². The van der Waals surface area contributed by atoms with Crippen molar-refractivity contribution in [1.29, 1.82) is 0 Å². The largest absolute Gasteiger partial charge is 0.381 e. The van der Waals surface area contributed by atoms with Crippen LogP contribution in [-0.4, -0.2) is 32.7 Å². The van der Waals surface area contributed by atoms with Crippen molar-refractivity contribution in [2.45, 2.75) is 30.7 Å². The first kappa shape index (κ1) is 16.2. The van der Waals surface area contributed by atoms with Crippen LogP contribution in [0, 0.1) is 5.92 Å². The van der Waals surface area contributed by atoms with E-state index in [9.17, 15) is 8.42 Å². The Morgan fingerprint density at radius 3 is 2.80 bits per heavy atom. The number of rotatable bonds is 4. The lowest BCUT2D eigenvalue weighted by Crippen LogP contribution is -2.40. The molecule has 20 heavy (non-hydrogen) atoms. The second kappa shape index (κ2) is 6.70. The van der Waals surface area contributed by atoms with E-state index in [2.05, 4.69) is 25.6 Å². The summed E-state index contributed by atoms with van der Waals surface area (Å²) in [5.41, 5.74) is 0. The van der Waals surface area contributed by atoms with Crippen molar-refractivity contribution >= 4 is 37.6 Å². The topological polar surface area (TPSA) is 68.3 Å². The van der Waals surface area contributed by atoms with Gasteiger partial charge in [0.05, 0.1) is 0 Å². The zero-order valence-electron chi connectivity index (χ0n) is 11.0. The summed E-state index contributed by atoms with van der Waals surface area (Å²) >= 11 is 9.08. The molecule has 2 heterocycles. The number of pyridine rings is 1. The molecule has 0 radical (unpaired) electrons. The maximum Gasteiger partial charge on any atom is 0.243 e. The van der Waals surface area contributed by atoms with Crippen molar-refractivity contribution in [3.8, 4) is 0 Å². The highest BCUT2D eigenvalue weighted by molar-refractivity contribution is 9.10. The van der Waals surface area contributed by atoms with Gasteiger partial charge in [-0.2, -0.15) is 0 Å². The highest BCUT2D eigenvalue weighted by Crippen LogP contribution is 2.25. The number of sulfonamides is 1. The zero-order chi connectivity index (χ0) is 14.8. The standard InChI is InChI=1S/C12H16BrClN2O3S/c1-8(9-2-4-19-5-3-9)16-20(17,18)11-6-10(13)7-15-12(11)14/h6-9,16H,2-5H2,1H3. The molecule has 1 aromatic rings. The summed E-state index contributed by atoms with van der Waals surface area (Å²) < 4.78 is 33.3.